The molecule has 0 aliphatic heterocycles. The number of hydrogen-bond donors (Lipinski definition) is 3. The molecule has 0 heterocycles. The number of nitriles is 1. The van der Waals surface area contributed by atoms with Crippen molar-refractivity contribution < 1.29 is 4.79 Å². The largest absolute Gasteiger partial charge is 0.399 e. The van der Waals surface area contributed by atoms with Gasteiger partial charge in [-0.15, -0.1) is 0 Å². The summed E-state index contributed by atoms with van der Waals surface area (Å²) in [5.41, 5.74) is 7.11. The molecule has 1 aromatic carbocycles. The predicted molar refractivity (Wildman–Crippen MR) is 76.6 cm³/mol. The zero-order valence-electron chi connectivity index (χ0n) is 11.6. The van der Waals surface area contributed by atoms with Crippen molar-refractivity contribution >= 4 is 17.3 Å². The molecule has 0 aliphatic carbocycles. The van der Waals surface area contributed by atoms with Gasteiger partial charge in [-0.05, 0) is 39.0 Å². The summed E-state index contributed by atoms with van der Waals surface area (Å²) < 4.78 is 0. The second-order valence-corrected chi connectivity index (χ2v) is 5.39. The molecule has 0 bridgehead atoms. The first kappa shape index (κ1) is 14.8. The summed E-state index contributed by atoms with van der Waals surface area (Å²) in [5, 5.41) is 14.9. The van der Waals surface area contributed by atoms with E-state index in [1.807, 2.05) is 20.8 Å². The van der Waals surface area contributed by atoms with E-state index in [9.17, 15) is 4.79 Å². The summed E-state index contributed by atoms with van der Waals surface area (Å²) in [6, 6.07) is 7.14. The monoisotopic (exact) mass is 260 g/mol. The first-order valence-electron chi connectivity index (χ1n) is 6.16. The fourth-order valence-corrected chi connectivity index (χ4v) is 1.60. The highest BCUT2D eigenvalue weighted by atomic mass is 16.1. The Balaban J connectivity index is 2.50. The highest BCUT2D eigenvalue weighted by Crippen LogP contribution is 2.17. The molecule has 0 aromatic heterocycles. The van der Waals surface area contributed by atoms with Gasteiger partial charge in [-0.2, -0.15) is 5.26 Å². The summed E-state index contributed by atoms with van der Waals surface area (Å²) in [6.45, 7) is 6.28. The van der Waals surface area contributed by atoms with Gasteiger partial charge in [-0.3, -0.25) is 4.79 Å². The number of rotatable bonds is 4. The lowest BCUT2D eigenvalue weighted by Gasteiger charge is -2.20. The van der Waals surface area contributed by atoms with Crippen LogP contribution in [-0.2, 0) is 4.79 Å². The van der Waals surface area contributed by atoms with Crippen LogP contribution in [0.25, 0.3) is 0 Å². The van der Waals surface area contributed by atoms with Gasteiger partial charge in [0.15, 0.2) is 0 Å². The zero-order chi connectivity index (χ0) is 14.5. The number of nitrogen functional groups attached to an aromatic ring is 1. The number of hydrogen-bond acceptors (Lipinski definition) is 4. The van der Waals surface area contributed by atoms with Gasteiger partial charge >= 0.3 is 0 Å². The molecule has 102 valence electrons. The van der Waals surface area contributed by atoms with Crippen LogP contribution in [0.4, 0.5) is 11.4 Å². The van der Waals surface area contributed by atoms with Crippen molar-refractivity contribution in [3.63, 3.8) is 0 Å². The Morgan fingerprint density at radius 3 is 2.68 bits per heavy atom. The zero-order valence-corrected chi connectivity index (χ0v) is 11.6. The Hall–Kier alpha value is -2.22. The minimum absolute atomic E-state index is 0.0195. The quantitative estimate of drug-likeness (QED) is 0.721. The molecule has 1 rings (SSSR count). The van der Waals surface area contributed by atoms with Gasteiger partial charge in [0.2, 0.25) is 5.91 Å². The molecule has 1 aromatic rings. The smallest absolute Gasteiger partial charge is 0.222 e. The van der Waals surface area contributed by atoms with E-state index in [1.54, 1.807) is 18.2 Å². The maximum atomic E-state index is 11.6. The van der Waals surface area contributed by atoms with E-state index in [0.29, 0.717) is 29.9 Å². The molecular weight excluding hydrogens is 240 g/mol. The lowest BCUT2D eigenvalue weighted by atomic mass is 10.1. The van der Waals surface area contributed by atoms with Crippen LogP contribution < -0.4 is 16.4 Å². The van der Waals surface area contributed by atoms with E-state index in [0.717, 1.165) is 0 Å². The number of nitrogens with two attached hydrogens (primary N) is 1. The molecule has 0 unspecified atom stereocenters. The molecule has 0 saturated carbocycles. The average Bonchev–Trinajstić information content (AvgIpc) is 2.28. The Morgan fingerprint density at radius 1 is 1.42 bits per heavy atom. The summed E-state index contributed by atoms with van der Waals surface area (Å²) in [4.78, 5) is 11.6. The van der Waals surface area contributed by atoms with E-state index < -0.39 is 0 Å². The normalized spacial score (nSPS) is 10.6. The molecule has 19 heavy (non-hydrogen) atoms. The SMILES string of the molecule is CC(C)(C)NC(=O)CCNc1ccc(N)cc1C#N. The highest BCUT2D eigenvalue weighted by Gasteiger charge is 2.13. The second kappa shape index (κ2) is 6.10. The topological polar surface area (TPSA) is 90.9 Å². The van der Waals surface area contributed by atoms with Gasteiger partial charge in [0, 0.05) is 24.2 Å². The van der Waals surface area contributed by atoms with Crippen molar-refractivity contribution in [3.05, 3.63) is 23.8 Å². The lowest BCUT2D eigenvalue weighted by molar-refractivity contribution is -0.122. The molecule has 4 N–H and O–H groups in total. The summed E-state index contributed by atoms with van der Waals surface area (Å²) in [7, 11) is 0. The van der Waals surface area contributed by atoms with Crippen molar-refractivity contribution in [2.75, 3.05) is 17.6 Å². The molecule has 0 fully saturated rings. The van der Waals surface area contributed by atoms with Crippen molar-refractivity contribution in [2.45, 2.75) is 32.7 Å². The number of amides is 1. The van der Waals surface area contributed by atoms with Crippen LogP contribution in [-0.4, -0.2) is 18.0 Å². The third-order valence-electron chi connectivity index (χ3n) is 2.35. The molecule has 0 radical (unpaired) electrons. The highest BCUT2D eigenvalue weighted by molar-refractivity contribution is 5.77. The first-order valence-corrected chi connectivity index (χ1v) is 6.16. The summed E-state index contributed by atoms with van der Waals surface area (Å²) in [6.07, 6.45) is 0.354. The van der Waals surface area contributed by atoms with E-state index in [4.69, 9.17) is 11.0 Å². The number of carbonyl (C=O) groups is 1. The lowest BCUT2D eigenvalue weighted by Crippen LogP contribution is -2.41. The minimum atomic E-state index is -0.226. The molecular formula is C14H20N4O. The molecule has 0 atom stereocenters. The maximum Gasteiger partial charge on any atom is 0.222 e. The summed E-state index contributed by atoms with van der Waals surface area (Å²) in [5.74, 6) is -0.0195. The molecule has 0 spiro atoms. The van der Waals surface area contributed by atoms with Crippen LogP contribution in [0.5, 0.6) is 0 Å². The van der Waals surface area contributed by atoms with Gasteiger partial charge < -0.3 is 16.4 Å². The van der Waals surface area contributed by atoms with Crippen molar-refractivity contribution in [1.29, 1.82) is 5.26 Å². The minimum Gasteiger partial charge on any atom is -0.399 e. The fourth-order valence-electron chi connectivity index (χ4n) is 1.60. The van der Waals surface area contributed by atoms with Crippen LogP contribution >= 0.6 is 0 Å². The van der Waals surface area contributed by atoms with E-state index in [-0.39, 0.29) is 11.4 Å². The Morgan fingerprint density at radius 2 is 2.11 bits per heavy atom. The van der Waals surface area contributed by atoms with Crippen molar-refractivity contribution in [1.82, 2.24) is 5.32 Å². The van der Waals surface area contributed by atoms with E-state index >= 15 is 0 Å². The van der Waals surface area contributed by atoms with Crippen LogP contribution in [0, 0.1) is 11.3 Å². The van der Waals surface area contributed by atoms with E-state index in [2.05, 4.69) is 16.7 Å². The Labute approximate surface area is 113 Å². The first-order chi connectivity index (χ1) is 8.81. The fraction of sp³-hybridized carbons (Fsp3) is 0.429. The van der Waals surface area contributed by atoms with E-state index in [1.165, 1.54) is 0 Å². The second-order valence-electron chi connectivity index (χ2n) is 5.39. The standard InChI is InChI=1S/C14H20N4O/c1-14(2,3)18-13(19)6-7-17-12-5-4-11(16)8-10(12)9-15/h4-5,8,17H,6-7,16H2,1-3H3,(H,18,19). The predicted octanol–water partition coefficient (Wildman–Crippen LogP) is 1.86. The number of anilines is 2. The molecule has 0 aliphatic rings. The average molecular weight is 260 g/mol. The van der Waals surface area contributed by atoms with Gasteiger partial charge in [0.25, 0.3) is 0 Å². The number of nitrogens with zero attached hydrogens (tertiary/aromatic N) is 1. The van der Waals surface area contributed by atoms with Crippen LogP contribution in [0.15, 0.2) is 18.2 Å². The van der Waals surface area contributed by atoms with Gasteiger partial charge in [-0.25, -0.2) is 0 Å². The van der Waals surface area contributed by atoms with Crippen molar-refractivity contribution in [2.24, 2.45) is 0 Å². The maximum absolute atomic E-state index is 11.6. The Bertz CT molecular complexity index is 497. The van der Waals surface area contributed by atoms with Crippen LogP contribution in [0.3, 0.4) is 0 Å². The van der Waals surface area contributed by atoms with Gasteiger partial charge in [-0.1, -0.05) is 0 Å². The number of benzene rings is 1. The van der Waals surface area contributed by atoms with Crippen molar-refractivity contribution in [3.8, 4) is 6.07 Å². The molecule has 5 heteroatoms. The number of nitrogens with one attached hydrogen (secondary N) is 2. The molecule has 1 amide bonds. The third-order valence-corrected chi connectivity index (χ3v) is 2.35. The van der Waals surface area contributed by atoms with Gasteiger partial charge in [0.05, 0.1) is 11.3 Å². The summed E-state index contributed by atoms with van der Waals surface area (Å²) >= 11 is 0. The van der Waals surface area contributed by atoms with Crippen LogP contribution in [0.1, 0.15) is 32.8 Å². The number of carbonyl (C=O) groups excluding carboxylic acids is 1. The Kier molecular flexibility index (Phi) is 4.76. The van der Waals surface area contributed by atoms with Gasteiger partial charge in [0.1, 0.15) is 6.07 Å². The van der Waals surface area contributed by atoms with Crippen LogP contribution in [0.2, 0.25) is 0 Å². The molecule has 5 nitrogen and oxygen atoms in total. The third kappa shape index (κ3) is 5.30. The molecule has 0 saturated heterocycles.